The zero-order valence-electron chi connectivity index (χ0n) is 12.5. The number of benzene rings is 1. The van der Waals surface area contributed by atoms with Crippen LogP contribution in [-0.4, -0.2) is 36.5 Å². The molecule has 0 aliphatic carbocycles. The van der Waals surface area contributed by atoms with Crippen LogP contribution in [0.25, 0.3) is 0 Å². The average molecular weight is 298 g/mol. The molecule has 0 radical (unpaired) electrons. The molecule has 0 aromatic heterocycles. The first-order valence-electron chi connectivity index (χ1n) is 7.56. The van der Waals surface area contributed by atoms with Gasteiger partial charge in [-0.15, -0.1) is 0 Å². The Morgan fingerprint density at radius 2 is 2.18 bits per heavy atom. The third-order valence-electron chi connectivity index (χ3n) is 4.71. The number of esters is 1. The van der Waals surface area contributed by atoms with Gasteiger partial charge in [-0.05, 0) is 49.4 Å². The van der Waals surface area contributed by atoms with E-state index < -0.39 is 0 Å². The van der Waals surface area contributed by atoms with E-state index in [9.17, 15) is 9.59 Å². The maximum Gasteiger partial charge on any atom is 0.310 e. The number of rotatable bonds is 1. The Hall–Kier alpha value is -2.35. The Morgan fingerprint density at radius 3 is 2.91 bits per heavy atom. The molecule has 1 aromatic carbocycles. The zero-order valence-corrected chi connectivity index (χ0v) is 12.5. The van der Waals surface area contributed by atoms with Crippen molar-refractivity contribution in [3.05, 3.63) is 34.9 Å². The first kappa shape index (κ1) is 14.6. The minimum Gasteiger partial charge on any atom is -0.469 e. The normalized spacial score (nSPS) is 23.8. The third-order valence-corrected chi connectivity index (χ3v) is 4.71. The number of ether oxygens (including phenoxy) is 1. The third kappa shape index (κ3) is 2.45. The van der Waals surface area contributed by atoms with Gasteiger partial charge in [-0.1, -0.05) is 0 Å². The summed E-state index contributed by atoms with van der Waals surface area (Å²) in [5.41, 5.74) is 2.18. The van der Waals surface area contributed by atoms with E-state index >= 15 is 0 Å². The number of carbonyl (C=O) groups is 2. The highest BCUT2D eigenvalue weighted by Gasteiger charge is 2.37. The molecule has 5 nitrogen and oxygen atoms in total. The van der Waals surface area contributed by atoms with Crippen LogP contribution in [0.15, 0.2) is 18.2 Å². The lowest BCUT2D eigenvalue weighted by molar-refractivity contribution is -0.147. The van der Waals surface area contributed by atoms with Gasteiger partial charge in [0.25, 0.3) is 5.91 Å². The van der Waals surface area contributed by atoms with Crippen molar-refractivity contribution < 1.29 is 14.3 Å². The number of hydrogen-bond acceptors (Lipinski definition) is 4. The molecule has 1 aromatic rings. The standard InChI is InChI=1S/C17H18N2O3/c1-22-17(21)13-4-6-14-5-3-12-8-11(9-18)2-7-15(12)16(20)19(14)10-13/h2,7-8,13-14H,3-6,10H2,1H3/t13-,14+/m0/s1. The van der Waals surface area contributed by atoms with Crippen LogP contribution in [0.5, 0.6) is 0 Å². The molecule has 2 atom stereocenters. The number of carbonyl (C=O) groups excluding carboxylic acids is 2. The van der Waals surface area contributed by atoms with Crippen LogP contribution in [0.2, 0.25) is 0 Å². The highest BCUT2D eigenvalue weighted by Crippen LogP contribution is 2.31. The molecule has 22 heavy (non-hydrogen) atoms. The van der Waals surface area contributed by atoms with Gasteiger partial charge in [0.1, 0.15) is 0 Å². The number of fused-ring (bicyclic) bond motifs is 2. The van der Waals surface area contributed by atoms with Gasteiger partial charge in [0, 0.05) is 18.2 Å². The number of nitriles is 1. The van der Waals surface area contributed by atoms with E-state index in [2.05, 4.69) is 6.07 Å². The molecule has 0 saturated carbocycles. The maximum atomic E-state index is 12.8. The minimum atomic E-state index is -0.240. The van der Waals surface area contributed by atoms with E-state index in [1.807, 2.05) is 11.0 Å². The number of amides is 1. The van der Waals surface area contributed by atoms with E-state index in [0.29, 0.717) is 17.7 Å². The second kappa shape index (κ2) is 5.80. The summed E-state index contributed by atoms with van der Waals surface area (Å²) in [4.78, 5) is 26.4. The van der Waals surface area contributed by atoms with Crippen LogP contribution in [0.3, 0.4) is 0 Å². The molecule has 0 bridgehead atoms. The summed E-state index contributed by atoms with van der Waals surface area (Å²) in [6.07, 6.45) is 3.26. The average Bonchev–Trinajstić information content (AvgIpc) is 2.70. The molecule has 2 aliphatic heterocycles. The summed E-state index contributed by atoms with van der Waals surface area (Å²) in [6.45, 7) is 0.426. The quantitative estimate of drug-likeness (QED) is 0.742. The fourth-order valence-electron chi connectivity index (χ4n) is 3.49. The lowest BCUT2D eigenvalue weighted by atomic mass is 9.91. The first-order valence-corrected chi connectivity index (χ1v) is 7.56. The molecule has 114 valence electrons. The minimum absolute atomic E-state index is 0.0319. The summed E-state index contributed by atoms with van der Waals surface area (Å²) < 4.78 is 4.82. The van der Waals surface area contributed by atoms with Crippen LogP contribution in [-0.2, 0) is 16.0 Å². The molecule has 1 saturated heterocycles. The molecule has 5 heteroatoms. The van der Waals surface area contributed by atoms with E-state index in [0.717, 1.165) is 31.2 Å². The molecule has 0 spiro atoms. The largest absolute Gasteiger partial charge is 0.469 e. The van der Waals surface area contributed by atoms with Crippen LogP contribution < -0.4 is 0 Å². The summed E-state index contributed by atoms with van der Waals surface area (Å²) in [7, 11) is 1.39. The second-order valence-electron chi connectivity index (χ2n) is 5.93. The summed E-state index contributed by atoms with van der Waals surface area (Å²) >= 11 is 0. The lowest BCUT2D eigenvalue weighted by Gasteiger charge is -2.37. The molecule has 0 N–H and O–H groups in total. The molecular formula is C17H18N2O3. The van der Waals surface area contributed by atoms with Crippen molar-refractivity contribution in [1.29, 1.82) is 5.26 Å². The van der Waals surface area contributed by atoms with Gasteiger partial charge in [0.05, 0.1) is 24.7 Å². The predicted molar refractivity (Wildman–Crippen MR) is 79.0 cm³/mol. The van der Waals surface area contributed by atoms with Crippen LogP contribution >= 0.6 is 0 Å². The summed E-state index contributed by atoms with van der Waals surface area (Å²) in [6, 6.07) is 7.52. The van der Waals surface area contributed by atoms with Crippen molar-refractivity contribution in [2.24, 2.45) is 5.92 Å². The molecular weight excluding hydrogens is 280 g/mol. The van der Waals surface area contributed by atoms with Crippen LogP contribution in [0.1, 0.15) is 40.7 Å². The van der Waals surface area contributed by atoms with Gasteiger partial charge in [0.2, 0.25) is 0 Å². The Bertz CT molecular complexity index is 662. The molecule has 1 amide bonds. The second-order valence-corrected chi connectivity index (χ2v) is 5.93. The van der Waals surface area contributed by atoms with Crippen molar-refractivity contribution in [2.75, 3.05) is 13.7 Å². The van der Waals surface area contributed by atoms with Crippen molar-refractivity contribution in [1.82, 2.24) is 4.90 Å². The lowest BCUT2D eigenvalue weighted by Crippen LogP contribution is -2.48. The highest BCUT2D eigenvalue weighted by molar-refractivity contribution is 5.96. The van der Waals surface area contributed by atoms with Gasteiger partial charge >= 0.3 is 5.97 Å². The topological polar surface area (TPSA) is 70.4 Å². The van der Waals surface area contributed by atoms with Crippen molar-refractivity contribution in [2.45, 2.75) is 31.7 Å². The van der Waals surface area contributed by atoms with Crippen molar-refractivity contribution in [3.8, 4) is 6.07 Å². The van der Waals surface area contributed by atoms with E-state index in [4.69, 9.17) is 10.00 Å². The maximum absolute atomic E-state index is 12.8. The predicted octanol–water partition coefficient (Wildman–Crippen LogP) is 1.90. The molecule has 3 rings (SSSR count). The first-order chi connectivity index (χ1) is 10.6. The molecule has 2 aliphatic rings. The summed E-state index contributed by atoms with van der Waals surface area (Å²) in [5, 5.41) is 9.01. The molecule has 2 heterocycles. The monoisotopic (exact) mass is 298 g/mol. The van der Waals surface area contributed by atoms with Crippen LogP contribution in [0.4, 0.5) is 0 Å². The van der Waals surface area contributed by atoms with Crippen LogP contribution in [0, 0.1) is 17.2 Å². The van der Waals surface area contributed by atoms with Gasteiger partial charge in [-0.3, -0.25) is 9.59 Å². The van der Waals surface area contributed by atoms with Crippen molar-refractivity contribution in [3.63, 3.8) is 0 Å². The van der Waals surface area contributed by atoms with E-state index in [1.54, 1.807) is 12.1 Å². The Kier molecular flexibility index (Phi) is 3.84. The van der Waals surface area contributed by atoms with Gasteiger partial charge < -0.3 is 9.64 Å². The van der Waals surface area contributed by atoms with E-state index in [-0.39, 0.29) is 23.8 Å². The fraction of sp³-hybridized carbons (Fsp3) is 0.471. The van der Waals surface area contributed by atoms with E-state index in [1.165, 1.54) is 7.11 Å². The number of methoxy groups -OCH3 is 1. The SMILES string of the molecule is COC(=O)[C@H]1CC[C@H]2CCc3cc(C#N)ccc3C(=O)N2C1. The smallest absolute Gasteiger partial charge is 0.310 e. The van der Waals surface area contributed by atoms with Gasteiger partial charge in [-0.25, -0.2) is 0 Å². The van der Waals surface area contributed by atoms with Gasteiger partial charge in [0.15, 0.2) is 0 Å². The highest BCUT2D eigenvalue weighted by atomic mass is 16.5. The summed E-state index contributed by atoms with van der Waals surface area (Å²) in [5.74, 6) is -0.503. The number of nitrogens with zero attached hydrogens (tertiary/aromatic N) is 2. The van der Waals surface area contributed by atoms with Gasteiger partial charge in [-0.2, -0.15) is 5.26 Å². The molecule has 1 fully saturated rings. The Labute approximate surface area is 129 Å². The zero-order chi connectivity index (χ0) is 15.7. The molecule has 0 unspecified atom stereocenters. The fourth-order valence-corrected chi connectivity index (χ4v) is 3.49. The number of aryl methyl sites for hydroxylation is 1. The Balaban J connectivity index is 1.90. The number of piperidine rings is 1. The number of hydrogen-bond donors (Lipinski definition) is 0. The Morgan fingerprint density at radius 1 is 1.36 bits per heavy atom. The van der Waals surface area contributed by atoms with Crippen molar-refractivity contribution >= 4 is 11.9 Å².